The van der Waals surface area contributed by atoms with E-state index in [0.29, 0.717) is 27.8 Å². The van der Waals surface area contributed by atoms with Gasteiger partial charge in [-0.3, -0.25) is 4.21 Å². The van der Waals surface area contributed by atoms with Crippen LogP contribution in [0, 0.1) is 18.3 Å². The second-order valence-electron chi connectivity index (χ2n) is 7.70. The van der Waals surface area contributed by atoms with Gasteiger partial charge in [0, 0.05) is 39.2 Å². The van der Waals surface area contributed by atoms with Crippen LogP contribution < -0.4 is 0 Å². The van der Waals surface area contributed by atoms with Crippen molar-refractivity contribution >= 4 is 22.6 Å². The summed E-state index contributed by atoms with van der Waals surface area (Å²) < 4.78 is 12.6. The highest BCUT2D eigenvalue weighted by atomic mass is 32.2. The van der Waals surface area contributed by atoms with Gasteiger partial charge in [-0.15, -0.1) is 11.8 Å². The molecule has 0 amide bonds. The van der Waals surface area contributed by atoms with E-state index in [9.17, 15) is 9.47 Å². The van der Waals surface area contributed by atoms with Gasteiger partial charge in [0.1, 0.15) is 11.1 Å². The average Bonchev–Trinajstić information content (AvgIpc) is 2.85. The summed E-state index contributed by atoms with van der Waals surface area (Å²) in [5, 5.41) is 10.7. The Morgan fingerprint density at radius 3 is 2.24 bits per heavy atom. The fraction of sp³-hybridized carbons (Fsp3) is 0.143. The Kier molecular flexibility index (Phi) is 7.72. The van der Waals surface area contributed by atoms with E-state index in [0.717, 1.165) is 27.9 Å². The fourth-order valence-electron chi connectivity index (χ4n) is 3.52. The number of nitrogens with zero attached hydrogens (tertiary/aromatic N) is 2. The fourth-order valence-corrected chi connectivity index (χ4v) is 5.96. The van der Waals surface area contributed by atoms with Gasteiger partial charge in [-0.1, -0.05) is 90.5 Å². The van der Waals surface area contributed by atoms with E-state index in [1.165, 1.54) is 17.3 Å². The smallest absolute Gasteiger partial charge is 0.115 e. The Morgan fingerprint density at radius 2 is 1.58 bits per heavy atom. The Morgan fingerprint density at radius 1 is 0.909 bits per heavy atom. The summed E-state index contributed by atoms with van der Waals surface area (Å²) in [5.74, 6) is 1.72. The molecule has 4 aromatic rings. The number of hydrogen-bond donors (Lipinski definition) is 0. The molecule has 0 aliphatic carbocycles. The second kappa shape index (κ2) is 11.1. The number of aryl methyl sites for hydroxylation is 1. The maximum Gasteiger partial charge on any atom is 0.115 e. The lowest BCUT2D eigenvalue weighted by molar-refractivity contribution is 0.683. The number of pyridine rings is 1. The van der Waals surface area contributed by atoms with Gasteiger partial charge in [0.2, 0.25) is 0 Å². The molecule has 0 aliphatic heterocycles. The zero-order valence-electron chi connectivity index (χ0n) is 18.4. The molecule has 0 aliphatic rings. The minimum Gasteiger partial charge on any atom is -0.259 e. The molecule has 3 nitrogen and oxygen atoms in total. The third kappa shape index (κ3) is 5.98. The first-order valence-corrected chi connectivity index (χ1v) is 13.2. The predicted octanol–water partition coefficient (Wildman–Crippen LogP) is 6.64. The molecule has 0 spiro atoms. The molecule has 164 valence electrons. The minimum atomic E-state index is -0.970. The van der Waals surface area contributed by atoms with Crippen molar-refractivity contribution < 1.29 is 4.21 Å². The van der Waals surface area contributed by atoms with Crippen LogP contribution in [0.25, 0.3) is 22.4 Å². The summed E-state index contributed by atoms with van der Waals surface area (Å²) in [6.07, 6.45) is 0. The zero-order valence-corrected chi connectivity index (χ0v) is 20.0. The quantitative estimate of drug-likeness (QED) is 0.272. The maximum absolute atomic E-state index is 12.6. The lowest BCUT2D eigenvalue weighted by atomic mass is 9.99. The average molecular weight is 469 g/mol. The van der Waals surface area contributed by atoms with Gasteiger partial charge < -0.3 is 0 Å². The van der Waals surface area contributed by atoms with E-state index < -0.39 is 10.8 Å². The summed E-state index contributed by atoms with van der Waals surface area (Å²) in [7, 11) is -0.970. The number of nitriles is 1. The van der Waals surface area contributed by atoms with Crippen LogP contribution in [-0.4, -0.2) is 20.7 Å². The highest BCUT2D eigenvalue weighted by Crippen LogP contribution is 2.34. The van der Waals surface area contributed by atoms with E-state index in [1.54, 1.807) is 0 Å². The summed E-state index contributed by atoms with van der Waals surface area (Å²) >= 11 is 1.50. The lowest BCUT2D eigenvalue weighted by Crippen LogP contribution is -2.04. The number of rotatable bonds is 8. The van der Waals surface area contributed by atoms with Gasteiger partial charge in [-0.05, 0) is 24.1 Å². The molecule has 1 aromatic heterocycles. The molecule has 0 fully saturated rings. The molecule has 3 aromatic carbocycles. The topological polar surface area (TPSA) is 53.8 Å². The van der Waals surface area contributed by atoms with Crippen molar-refractivity contribution in [2.75, 3.05) is 11.5 Å². The van der Waals surface area contributed by atoms with Crippen LogP contribution in [0.5, 0.6) is 0 Å². The Bertz CT molecular complexity index is 1280. The van der Waals surface area contributed by atoms with Crippen LogP contribution in [0.1, 0.15) is 16.7 Å². The molecule has 1 heterocycles. The van der Waals surface area contributed by atoms with E-state index in [4.69, 9.17) is 4.98 Å². The number of hydrogen-bond acceptors (Lipinski definition) is 4. The van der Waals surface area contributed by atoms with Crippen molar-refractivity contribution in [3.63, 3.8) is 0 Å². The molecule has 33 heavy (non-hydrogen) atoms. The molecule has 0 radical (unpaired) electrons. The molecular weight excluding hydrogens is 444 g/mol. The zero-order chi connectivity index (χ0) is 23.0. The molecule has 0 saturated heterocycles. The van der Waals surface area contributed by atoms with Gasteiger partial charge in [0.05, 0.1) is 11.3 Å². The molecule has 4 rings (SSSR count). The van der Waals surface area contributed by atoms with Gasteiger partial charge in [-0.2, -0.15) is 5.26 Å². The van der Waals surface area contributed by atoms with Crippen LogP contribution in [0.15, 0.2) is 96.0 Å². The molecule has 5 heteroatoms. The van der Waals surface area contributed by atoms with E-state index in [2.05, 4.69) is 37.3 Å². The van der Waals surface area contributed by atoms with Gasteiger partial charge in [0.15, 0.2) is 0 Å². The van der Waals surface area contributed by atoms with Crippen LogP contribution in [-0.2, 0) is 16.6 Å². The van der Waals surface area contributed by atoms with Crippen LogP contribution in [0.2, 0.25) is 0 Å². The molecule has 0 N–H and O–H groups in total. The van der Waals surface area contributed by atoms with Gasteiger partial charge in [-0.25, -0.2) is 4.98 Å². The standard InChI is InChI=1S/C28H24N2OS2/c1-21-12-14-24(15-13-21)27-18-25(23-10-6-3-7-11-23)26(19-29)28(30-27)32-16-17-33(31)20-22-8-4-2-5-9-22/h2-15,18H,16-17,20H2,1H3. The highest BCUT2D eigenvalue weighted by molar-refractivity contribution is 8.00. The molecule has 0 bridgehead atoms. The van der Waals surface area contributed by atoms with Crippen molar-refractivity contribution in [2.45, 2.75) is 17.7 Å². The third-order valence-corrected chi connectivity index (χ3v) is 7.80. The van der Waals surface area contributed by atoms with Gasteiger partial charge in [0.25, 0.3) is 0 Å². The van der Waals surface area contributed by atoms with Crippen molar-refractivity contribution in [2.24, 2.45) is 0 Å². The van der Waals surface area contributed by atoms with E-state index in [-0.39, 0.29) is 0 Å². The van der Waals surface area contributed by atoms with Crippen molar-refractivity contribution in [3.05, 3.63) is 108 Å². The summed E-state index contributed by atoms with van der Waals surface area (Å²) in [6.45, 7) is 2.06. The molecule has 0 saturated carbocycles. The molecule has 1 atom stereocenters. The molecule has 1 unspecified atom stereocenters. The van der Waals surface area contributed by atoms with E-state index >= 15 is 0 Å². The maximum atomic E-state index is 12.6. The summed E-state index contributed by atoms with van der Waals surface area (Å²) in [6, 6.07) is 32.4. The van der Waals surface area contributed by atoms with Crippen LogP contribution in [0.3, 0.4) is 0 Å². The lowest BCUT2D eigenvalue weighted by Gasteiger charge is -2.13. The van der Waals surface area contributed by atoms with Crippen LogP contribution >= 0.6 is 11.8 Å². The van der Waals surface area contributed by atoms with Crippen molar-refractivity contribution in [1.29, 1.82) is 5.26 Å². The minimum absolute atomic E-state index is 0.540. The normalized spacial score (nSPS) is 11.6. The first-order valence-electron chi connectivity index (χ1n) is 10.7. The predicted molar refractivity (Wildman–Crippen MR) is 138 cm³/mol. The SMILES string of the molecule is Cc1ccc(-c2cc(-c3ccccc3)c(C#N)c(SCCS(=O)Cc3ccccc3)n2)cc1. The second-order valence-corrected chi connectivity index (χ2v) is 10.4. The Labute approximate surface area is 202 Å². The largest absolute Gasteiger partial charge is 0.259 e. The third-order valence-electron chi connectivity index (χ3n) is 5.25. The number of aromatic nitrogens is 1. The summed E-state index contributed by atoms with van der Waals surface area (Å²) in [5.41, 5.74) is 6.53. The van der Waals surface area contributed by atoms with Gasteiger partial charge >= 0.3 is 0 Å². The highest BCUT2D eigenvalue weighted by Gasteiger charge is 2.16. The Hall–Kier alpha value is -3.20. The Balaban J connectivity index is 1.61. The first-order chi connectivity index (χ1) is 16.1. The van der Waals surface area contributed by atoms with Crippen molar-refractivity contribution in [3.8, 4) is 28.5 Å². The van der Waals surface area contributed by atoms with Crippen LogP contribution in [0.4, 0.5) is 0 Å². The summed E-state index contributed by atoms with van der Waals surface area (Å²) in [4.78, 5) is 4.85. The first kappa shape index (κ1) is 23.0. The number of thioether (sulfide) groups is 1. The van der Waals surface area contributed by atoms with E-state index in [1.807, 2.05) is 66.7 Å². The van der Waals surface area contributed by atoms with Crippen molar-refractivity contribution in [1.82, 2.24) is 4.98 Å². The monoisotopic (exact) mass is 468 g/mol. The molecular formula is C28H24N2OS2. The number of benzene rings is 3.